The van der Waals surface area contributed by atoms with Crippen molar-refractivity contribution in [2.24, 2.45) is 0 Å². The number of thiophene rings is 1. The van der Waals surface area contributed by atoms with Gasteiger partial charge in [0.05, 0.1) is 6.07 Å². The topological polar surface area (TPSA) is 54.5 Å². The van der Waals surface area contributed by atoms with E-state index < -0.39 is 0 Å². The first kappa shape index (κ1) is 12.7. The molecule has 1 aliphatic carbocycles. The molecule has 0 aliphatic heterocycles. The van der Waals surface area contributed by atoms with Crippen molar-refractivity contribution >= 4 is 23.1 Å². The first-order valence-corrected chi connectivity index (χ1v) is 8.21. The molecular formula is C13H14N4S2. The van der Waals surface area contributed by atoms with E-state index in [2.05, 4.69) is 38.3 Å². The van der Waals surface area contributed by atoms with Crippen molar-refractivity contribution in [2.75, 3.05) is 5.75 Å². The van der Waals surface area contributed by atoms with Gasteiger partial charge in [0.25, 0.3) is 0 Å². The van der Waals surface area contributed by atoms with E-state index in [4.69, 9.17) is 5.26 Å². The fourth-order valence-corrected chi connectivity index (χ4v) is 3.55. The SMILES string of the molecule is N#CCCSc1nnc(Cc2cccs2)n1C1CC1. The van der Waals surface area contributed by atoms with E-state index in [-0.39, 0.29) is 0 Å². The Bertz CT molecular complexity index is 578. The number of aromatic nitrogens is 3. The number of hydrogen-bond acceptors (Lipinski definition) is 5. The van der Waals surface area contributed by atoms with Crippen LogP contribution in [-0.2, 0) is 6.42 Å². The molecule has 0 spiro atoms. The van der Waals surface area contributed by atoms with Gasteiger partial charge >= 0.3 is 0 Å². The van der Waals surface area contributed by atoms with Gasteiger partial charge in [0.1, 0.15) is 5.82 Å². The minimum absolute atomic E-state index is 0.558. The van der Waals surface area contributed by atoms with Crippen LogP contribution in [0, 0.1) is 11.3 Å². The molecule has 98 valence electrons. The lowest BCUT2D eigenvalue weighted by Crippen LogP contribution is -2.03. The summed E-state index contributed by atoms with van der Waals surface area (Å²) >= 11 is 3.40. The zero-order valence-electron chi connectivity index (χ0n) is 10.5. The van der Waals surface area contributed by atoms with Crippen LogP contribution in [0.2, 0.25) is 0 Å². The van der Waals surface area contributed by atoms with Gasteiger partial charge in [0, 0.05) is 29.5 Å². The first-order valence-electron chi connectivity index (χ1n) is 6.34. The lowest BCUT2D eigenvalue weighted by molar-refractivity contribution is 0.635. The number of hydrogen-bond donors (Lipinski definition) is 0. The fraction of sp³-hybridized carbons (Fsp3) is 0.462. The van der Waals surface area contributed by atoms with E-state index in [1.807, 2.05) is 0 Å². The van der Waals surface area contributed by atoms with Crippen LogP contribution in [-0.4, -0.2) is 20.5 Å². The summed E-state index contributed by atoms with van der Waals surface area (Å²) in [7, 11) is 0. The predicted octanol–water partition coefficient (Wildman–Crippen LogP) is 3.27. The van der Waals surface area contributed by atoms with E-state index in [1.54, 1.807) is 23.1 Å². The summed E-state index contributed by atoms with van der Waals surface area (Å²) in [5, 5.41) is 20.3. The Balaban J connectivity index is 1.78. The summed E-state index contributed by atoms with van der Waals surface area (Å²) in [6, 6.07) is 6.95. The van der Waals surface area contributed by atoms with Crippen LogP contribution in [0.15, 0.2) is 22.7 Å². The Morgan fingerprint density at radius 3 is 3.05 bits per heavy atom. The van der Waals surface area contributed by atoms with Crippen molar-refractivity contribution < 1.29 is 0 Å². The minimum atomic E-state index is 0.558. The average molecular weight is 290 g/mol. The molecule has 2 heterocycles. The maximum Gasteiger partial charge on any atom is 0.191 e. The maximum atomic E-state index is 8.61. The van der Waals surface area contributed by atoms with Gasteiger partial charge in [-0.3, -0.25) is 0 Å². The molecule has 19 heavy (non-hydrogen) atoms. The molecule has 0 aromatic carbocycles. The van der Waals surface area contributed by atoms with E-state index in [1.165, 1.54) is 17.7 Å². The zero-order chi connectivity index (χ0) is 13.1. The van der Waals surface area contributed by atoms with Gasteiger partial charge in [-0.15, -0.1) is 21.5 Å². The molecule has 1 saturated carbocycles. The van der Waals surface area contributed by atoms with E-state index >= 15 is 0 Å². The van der Waals surface area contributed by atoms with E-state index in [0.29, 0.717) is 12.5 Å². The quantitative estimate of drug-likeness (QED) is 0.605. The zero-order valence-corrected chi connectivity index (χ0v) is 12.1. The number of thioether (sulfide) groups is 1. The molecule has 0 radical (unpaired) electrons. The third-order valence-electron chi connectivity index (χ3n) is 3.00. The molecule has 0 unspecified atom stereocenters. The van der Waals surface area contributed by atoms with Gasteiger partial charge in [-0.05, 0) is 24.3 Å². The second-order valence-corrected chi connectivity index (χ2v) is 6.61. The van der Waals surface area contributed by atoms with Gasteiger partial charge in [0.2, 0.25) is 0 Å². The van der Waals surface area contributed by atoms with Gasteiger partial charge in [0.15, 0.2) is 5.16 Å². The normalized spacial score (nSPS) is 14.5. The molecule has 2 aromatic rings. The van der Waals surface area contributed by atoms with Crippen molar-refractivity contribution in [3.63, 3.8) is 0 Å². The molecule has 0 atom stereocenters. The Kier molecular flexibility index (Phi) is 3.85. The third kappa shape index (κ3) is 2.99. The second kappa shape index (κ2) is 5.76. The van der Waals surface area contributed by atoms with E-state index in [0.717, 1.165) is 23.2 Å². The smallest absolute Gasteiger partial charge is 0.191 e. The highest BCUT2D eigenvalue weighted by molar-refractivity contribution is 7.99. The second-order valence-electron chi connectivity index (χ2n) is 4.51. The lowest BCUT2D eigenvalue weighted by atomic mass is 10.3. The molecule has 1 fully saturated rings. The van der Waals surface area contributed by atoms with Crippen LogP contribution >= 0.6 is 23.1 Å². The Morgan fingerprint density at radius 1 is 1.47 bits per heavy atom. The van der Waals surface area contributed by atoms with Crippen LogP contribution in [0.4, 0.5) is 0 Å². The molecule has 2 aromatic heterocycles. The van der Waals surface area contributed by atoms with Crippen molar-refractivity contribution in [3.8, 4) is 6.07 Å². The molecular weight excluding hydrogens is 276 g/mol. The monoisotopic (exact) mass is 290 g/mol. The van der Waals surface area contributed by atoms with E-state index in [9.17, 15) is 0 Å². The molecule has 0 N–H and O–H groups in total. The summed E-state index contributed by atoms with van der Waals surface area (Å²) in [5.74, 6) is 1.85. The summed E-state index contributed by atoms with van der Waals surface area (Å²) in [5.41, 5.74) is 0. The Morgan fingerprint density at radius 2 is 2.37 bits per heavy atom. The highest BCUT2D eigenvalue weighted by atomic mass is 32.2. The maximum absolute atomic E-state index is 8.61. The largest absolute Gasteiger partial charge is 0.303 e. The third-order valence-corrected chi connectivity index (χ3v) is 4.83. The summed E-state index contributed by atoms with van der Waals surface area (Å²) in [4.78, 5) is 1.32. The summed E-state index contributed by atoms with van der Waals surface area (Å²) in [6.45, 7) is 0. The van der Waals surface area contributed by atoms with Crippen LogP contribution in [0.1, 0.15) is 36.0 Å². The number of nitrogens with zero attached hydrogens (tertiary/aromatic N) is 4. The molecule has 0 bridgehead atoms. The number of rotatable bonds is 6. The highest BCUT2D eigenvalue weighted by Gasteiger charge is 2.29. The van der Waals surface area contributed by atoms with Crippen LogP contribution < -0.4 is 0 Å². The molecule has 1 aliphatic rings. The van der Waals surface area contributed by atoms with Gasteiger partial charge in [-0.25, -0.2) is 0 Å². The first-order chi connectivity index (χ1) is 9.38. The van der Waals surface area contributed by atoms with Gasteiger partial charge < -0.3 is 4.57 Å². The number of nitriles is 1. The van der Waals surface area contributed by atoms with Crippen molar-refractivity contribution in [1.29, 1.82) is 5.26 Å². The Labute approximate surface area is 120 Å². The molecule has 0 saturated heterocycles. The minimum Gasteiger partial charge on any atom is -0.303 e. The van der Waals surface area contributed by atoms with Gasteiger partial charge in [-0.2, -0.15) is 5.26 Å². The lowest BCUT2D eigenvalue weighted by Gasteiger charge is -2.07. The molecule has 4 nitrogen and oxygen atoms in total. The standard InChI is InChI=1S/C13H14N4S2/c14-6-2-8-19-13-16-15-12(17(13)10-4-5-10)9-11-3-1-7-18-11/h1,3,7,10H,2,4-5,8-9H2. The summed E-state index contributed by atoms with van der Waals surface area (Å²) < 4.78 is 2.28. The predicted molar refractivity (Wildman–Crippen MR) is 76.4 cm³/mol. The van der Waals surface area contributed by atoms with Crippen LogP contribution in [0.25, 0.3) is 0 Å². The van der Waals surface area contributed by atoms with Crippen molar-refractivity contribution in [2.45, 2.75) is 36.9 Å². The summed E-state index contributed by atoms with van der Waals surface area (Å²) in [6.07, 6.45) is 3.87. The molecule has 0 amide bonds. The van der Waals surface area contributed by atoms with Crippen molar-refractivity contribution in [1.82, 2.24) is 14.8 Å². The molecule has 6 heteroatoms. The van der Waals surface area contributed by atoms with Crippen LogP contribution in [0.3, 0.4) is 0 Å². The van der Waals surface area contributed by atoms with Gasteiger partial charge in [-0.1, -0.05) is 17.8 Å². The average Bonchev–Trinajstić information content (AvgIpc) is 2.97. The highest BCUT2D eigenvalue weighted by Crippen LogP contribution is 2.39. The fourth-order valence-electron chi connectivity index (χ4n) is 1.98. The molecule has 3 rings (SSSR count). The Hall–Kier alpha value is -1.32. The van der Waals surface area contributed by atoms with Crippen LogP contribution in [0.5, 0.6) is 0 Å². The van der Waals surface area contributed by atoms with Crippen molar-refractivity contribution in [3.05, 3.63) is 28.2 Å².